The van der Waals surface area contributed by atoms with Crippen LogP contribution in [0.2, 0.25) is 0 Å². The summed E-state index contributed by atoms with van der Waals surface area (Å²) in [5.74, 6) is -0.0434. The van der Waals surface area contributed by atoms with Crippen LogP contribution >= 0.6 is 0 Å². The van der Waals surface area contributed by atoms with E-state index in [-0.39, 0.29) is 10.8 Å². The van der Waals surface area contributed by atoms with Crippen molar-refractivity contribution in [2.24, 2.45) is 0 Å². The normalized spacial score (nSPS) is 11.9. The third kappa shape index (κ3) is 4.88. The number of aromatic nitrogens is 2. The molecule has 0 aliphatic carbocycles. The number of sulfonamides is 1. The number of nitrogens with one attached hydrogen (secondary N) is 1. The first-order chi connectivity index (χ1) is 14.3. The molecule has 1 N–H and O–H groups in total. The molecule has 3 rings (SSSR count). The molecule has 1 heterocycles. The van der Waals surface area contributed by atoms with Gasteiger partial charge in [0.2, 0.25) is 15.9 Å². The lowest BCUT2D eigenvalue weighted by Crippen LogP contribution is -2.30. The summed E-state index contributed by atoms with van der Waals surface area (Å²) >= 11 is 0. The predicted octanol–water partition coefficient (Wildman–Crippen LogP) is 3.08. The fourth-order valence-electron chi connectivity index (χ4n) is 3.31. The van der Waals surface area contributed by atoms with Crippen LogP contribution in [0.15, 0.2) is 53.7 Å². The summed E-state index contributed by atoms with van der Waals surface area (Å²) in [4.78, 5) is 16.8. The summed E-state index contributed by atoms with van der Waals surface area (Å²) in [7, 11) is -3.53. The van der Waals surface area contributed by atoms with E-state index < -0.39 is 10.0 Å². The second-order valence-electron chi connectivity index (χ2n) is 7.19. The second-order valence-corrected chi connectivity index (χ2v) is 9.13. The smallest absolute Gasteiger partial charge is 0.243 e. The largest absolute Gasteiger partial charge is 0.352 e. The van der Waals surface area contributed by atoms with Gasteiger partial charge >= 0.3 is 0 Å². The number of aryl methyl sites for hydroxylation is 2. The van der Waals surface area contributed by atoms with Gasteiger partial charge in [0.15, 0.2) is 0 Å². The molecule has 0 atom stereocenters. The average molecular weight is 429 g/mol. The lowest BCUT2D eigenvalue weighted by atomic mass is 10.1. The zero-order valence-corrected chi connectivity index (χ0v) is 18.4. The van der Waals surface area contributed by atoms with Crippen molar-refractivity contribution >= 4 is 27.0 Å². The van der Waals surface area contributed by atoms with Gasteiger partial charge in [-0.2, -0.15) is 4.31 Å². The number of amides is 1. The van der Waals surface area contributed by atoms with Crippen molar-refractivity contribution in [3.05, 3.63) is 59.9 Å². The number of rotatable bonds is 9. The van der Waals surface area contributed by atoms with Crippen molar-refractivity contribution < 1.29 is 13.2 Å². The van der Waals surface area contributed by atoms with Gasteiger partial charge in [0, 0.05) is 32.6 Å². The summed E-state index contributed by atoms with van der Waals surface area (Å²) in [6.07, 6.45) is 1.96. The van der Waals surface area contributed by atoms with Gasteiger partial charge < -0.3 is 9.88 Å². The van der Waals surface area contributed by atoms with Gasteiger partial charge in [-0.05, 0) is 30.7 Å². The summed E-state index contributed by atoms with van der Waals surface area (Å²) in [5, 5.41) is 2.93. The summed E-state index contributed by atoms with van der Waals surface area (Å²) in [5.41, 5.74) is 3.65. The molecule has 8 heteroatoms. The average Bonchev–Trinajstić information content (AvgIpc) is 3.15. The molecule has 1 amide bonds. The van der Waals surface area contributed by atoms with E-state index in [9.17, 15) is 13.2 Å². The number of carbonyl (C=O) groups is 1. The first-order valence-corrected chi connectivity index (χ1v) is 11.6. The van der Waals surface area contributed by atoms with Crippen LogP contribution in [0.5, 0.6) is 0 Å². The number of carbonyl (C=O) groups excluding carboxylic acids is 1. The van der Waals surface area contributed by atoms with Crippen molar-refractivity contribution in [3.63, 3.8) is 0 Å². The third-order valence-corrected chi connectivity index (χ3v) is 7.17. The molecule has 3 aromatic rings. The second kappa shape index (κ2) is 9.40. The molecule has 0 saturated heterocycles. The van der Waals surface area contributed by atoms with Crippen LogP contribution in [0, 0.1) is 6.92 Å². The number of imidazole rings is 1. The molecular formula is C22H28N4O3S. The molecule has 0 radical (unpaired) electrons. The van der Waals surface area contributed by atoms with E-state index in [1.165, 1.54) is 9.87 Å². The minimum atomic E-state index is -3.53. The van der Waals surface area contributed by atoms with Gasteiger partial charge in [-0.15, -0.1) is 0 Å². The first kappa shape index (κ1) is 22.0. The standard InChI is InChI=1S/C22H28N4O3S/c1-4-26(5-2)30(28,29)19-10-11-21-20(14-19)24-16-25(21)13-12-22(27)23-15-18-8-6-17(3)7-9-18/h6-11,14,16H,4-5,12-13,15H2,1-3H3,(H,23,27). The SMILES string of the molecule is CCN(CC)S(=O)(=O)c1ccc2c(c1)ncn2CCC(=O)NCc1ccc(C)cc1. The fourth-order valence-corrected chi connectivity index (χ4v) is 4.79. The quantitative estimate of drug-likeness (QED) is 0.568. The molecule has 0 fully saturated rings. The minimum absolute atomic E-state index is 0.0434. The predicted molar refractivity (Wildman–Crippen MR) is 117 cm³/mol. The van der Waals surface area contributed by atoms with E-state index >= 15 is 0 Å². The van der Waals surface area contributed by atoms with Crippen LogP contribution in [0.25, 0.3) is 11.0 Å². The molecule has 0 aliphatic heterocycles. The minimum Gasteiger partial charge on any atom is -0.352 e. The Morgan fingerprint density at radius 3 is 2.47 bits per heavy atom. The monoisotopic (exact) mass is 428 g/mol. The summed E-state index contributed by atoms with van der Waals surface area (Å²) < 4.78 is 28.7. The van der Waals surface area contributed by atoms with Gasteiger partial charge in [0.25, 0.3) is 0 Å². The molecule has 0 unspecified atom stereocenters. The highest BCUT2D eigenvalue weighted by atomic mass is 32.2. The third-order valence-electron chi connectivity index (χ3n) is 5.13. The molecule has 7 nitrogen and oxygen atoms in total. The Bertz CT molecular complexity index is 1120. The number of benzene rings is 2. The Hall–Kier alpha value is -2.71. The fraction of sp³-hybridized carbons (Fsp3) is 0.364. The Balaban J connectivity index is 1.64. The van der Waals surface area contributed by atoms with E-state index in [0.717, 1.165) is 11.1 Å². The Kier molecular flexibility index (Phi) is 6.89. The summed E-state index contributed by atoms with van der Waals surface area (Å²) in [6.45, 7) is 7.47. The summed E-state index contributed by atoms with van der Waals surface area (Å²) in [6, 6.07) is 13.0. The first-order valence-electron chi connectivity index (χ1n) is 10.1. The van der Waals surface area contributed by atoms with Crippen LogP contribution in [-0.2, 0) is 27.9 Å². The zero-order valence-electron chi connectivity index (χ0n) is 17.6. The van der Waals surface area contributed by atoms with Crippen molar-refractivity contribution in [3.8, 4) is 0 Å². The highest BCUT2D eigenvalue weighted by Crippen LogP contribution is 2.21. The van der Waals surface area contributed by atoms with Crippen LogP contribution in [0.1, 0.15) is 31.4 Å². The molecule has 1 aromatic heterocycles. The molecule has 0 spiro atoms. The van der Waals surface area contributed by atoms with Gasteiger partial charge in [0.05, 0.1) is 22.3 Å². The Morgan fingerprint density at radius 1 is 1.10 bits per heavy atom. The topological polar surface area (TPSA) is 84.3 Å². The van der Waals surface area contributed by atoms with Crippen molar-refractivity contribution in [2.75, 3.05) is 13.1 Å². The van der Waals surface area contributed by atoms with Gasteiger partial charge in [-0.3, -0.25) is 4.79 Å². The molecule has 0 aliphatic rings. The molecule has 2 aromatic carbocycles. The van der Waals surface area contributed by atoms with Crippen LogP contribution in [0.3, 0.4) is 0 Å². The molecule has 0 saturated carbocycles. The molecule has 30 heavy (non-hydrogen) atoms. The van der Waals surface area contributed by atoms with E-state index in [4.69, 9.17) is 0 Å². The lowest BCUT2D eigenvalue weighted by Gasteiger charge is -2.18. The number of nitrogens with zero attached hydrogens (tertiary/aromatic N) is 3. The number of hydrogen-bond donors (Lipinski definition) is 1. The van der Waals surface area contributed by atoms with Gasteiger partial charge in [-0.1, -0.05) is 43.7 Å². The maximum absolute atomic E-state index is 12.7. The van der Waals surface area contributed by atoms with Gasteiger partial charge in [0.1, 0.15) is 0 Å². The van der Waals surface area contributed by atoms with Crippen molar-refractivity contribution in [1.82, 2.24) is 19.2 Å². The van der Waals surface area contributed by atoms with Crippen LogP contribution in [0.4, 0.5) is 0 Å². The highest BCUT2D eigenvalue weighted by Gasteiger charge is 2.22. The van der Waals surface area contributed by atoms with Crippen LogP contribution < -0.4 is 5.32 Å². The van der Waals surface area contributed by atoms with E-state index in [1.807, 2.05) is 49.6 Å². The maximum atomic E-state index is 12.7. The highest BCUT2D eigenvalue weighted by molar-refractivity contribution is 7.89. The lowest BCUT2D eigenvalue weighted by molar-refractivity contribution is -0.121. The molecule has 0 bridgehead atoms. The van der Waals surface area contributed by atoms with Crippen molar-refractivity contribution in [2.45, 2.75) is 45.2 Å². The van der Waals surface area contributed by atoms with E-state index in [0.29, 0.717) is 38.1 Å². The Morgan fingerprint density at radius 2 is 1.80 bits per heavy atom. The zero-order chi connectivity index (χ0) is 21.7. The van der Waals surface area contributed by atoms with E-state index in [2.05, 4.69) is 10.3 Å². The molecular weight excluding hydrogens is 400 g/mol. The number of hydrogen-bond acceptors (Lipinski definition) is 4. The van der Waals surface area contributed by atoms with Crippen LogP contribution in [-0.4, -0.2) is 41.3 Å². The Labute approximate surface area is 177 Å². The van der Waals surface area contributed by atoms with E-state index in [1.54, 1.807) is 24.5 Å². The van der Waals surface area contributed by atoms with Crippen molar-refractivity contribution in [1.29, 1.82) is 0 Å². The number of fused-ring (bicyclic) bond motifs is 1. The maximum Gasteiger partial charge on any atom is 0.243 e. The van der Waals surface area contributed by atoms with Gasteiger partial charge in [-0.25, -0.2) is 13.4 Å². The molecule has 160 valence electrons.